The smallest absolute Gasteiger partial charge is 0.186 e. The van der Waals surface area contributed by atoms with Gasteiger partial charge in [-0.3, -0.25) is 0 Å². The summed E-state index contributed by atoms with van der Waals surface area (Å²) in [6.07, 6.45) is -1.96. The molecule has 0 aromatic heterocycles. The molecule has 3 aliphatic heterocycles. The summed E-state index contributed by atoms with van der Waals surface area (Å²) in [5, 5.41) is 0. The van der Waals surface area contributed by atoms with Gasteiger partial charge in [0.15, 0.2) is 18.4 Å². The minimum atomic E-state index is -0.686. The van der Waals surface area contributed by atoms with Gasteiger partial charge in [-0.1, -0.05) is 30.3 Å². The van der Waals surface area contributed by atoms with E-state index in [1.807, 2.05) is 44.2 Å². The van der Waals surface area contributed by atoms with Gasteiger partial charge in [0.1, 0.15) is 24.4 Å². The van der Waals surface area contributed by atoms with Crippen LogP contribution in [0.4, 0.5) is 0 Å². The Kier molecular flexibility index (Phi) is 3.91. The van der Waals surface area contributed by atoms with Crippen LogP contribution in [0.5, 0.6) is 0 Å². The third-order valence-corrected chi connectivity index (χ3v) is 4.43. The highest BCUT2D eigenvalue weighted by atomic mass is 16.8. The van der Waals surface area contributed by atoms with Crippen LogP contribution < -0.4 is 0 Å². The van der Waals surface area contributed by atoms with Gasteiger partial charge in [-0.2, -0.15) is 0 Å². The van der Waals surface area contributed by atoms with Crippen molar-refractivity contribution < 1.29 is 28.4 Å². The molecular weight excluding hydrogens is 300 g/mol. The minimum absolute atomic E-state index is 0.237. The van der Waals surface area contributed by atoms with Gasteiger partial charge in [0.05, 0.1) is 6.61 Å². The van der Waals surface area contributed by atoms with Crippen molar-refractivity contribution in [3.8, 4) is 0 Å². The van der Waals surface area contributed by atoms with E-state index in [1.54, 1.807) is 7.11 Å². The summed E-state index contributed by atoms with van der Waals surface area (Å²) in [6.45, 7) is 4.21. The van der Waals surface area contributed by atoms with Gasteiger partial charge in [0.25, 0.3) is 0 Å². The Morgan fingerprint density at radius 2 is 1.74 bits per heavy atom. The standard InChI is InChI=1S/C17H22O6/c1-17(2)22-13-12-11(20-16(18-3)14(13)23-17)9-19-15(21-12)10-7-5-4-6-8-10/h4-8,11-16H,9H2,1-3H3/t11?,12-,13+,14?,15?,16+/m1/s1. The minimum Gasteiger partial charge on any atom is -0.353 e. The summed E-state index contributed by atoms with van der Waals surface area (Å²) in [5.74, 6) is -0.686. The van der Waals surface area contributed by atoms with E-state index in [-0.39, 0.29) is 24.4 Å². The largest absolute Gasteiger partial charge is 0.353 e. The Morgan fingerprint density at radius 3 is 2.48 bits per heavy atom. The number of hydrogen-bond donors (Lipinski definition) is 0. The fourth-order valence-electron chi connectivity index (χ4n) is 3.46. The van der Waals surface area contributed by atoms with Gasteiger partial charge in [-0.05, 0) is 13.8 Å². The molecule has 3 heterocycles. The van der Waals surface area contributed by atoms with Gasteiger partial charge < -0.3 is 28.4 Å². The summed E-state index contributed by atoms with van der Waals surface area (Å²) in [4.78, 5) is 0. The number of ether oxygens (including phenoxy) is 6. The Morgan fingerprint density at radius 1 is 1.00 bits per heavy atom. The molecule has 6 nitrogen and oxygen atoms in total. The van der Waals surface area contributed by atoms with E-state index in [9.17, 15) is 0 Å². The molecule has 1 aromatic rings. The van der Waals surface area contributed by atoms with Crippen molar-refractivity contribution in [2.45, 2.75) is 56.6 Å². The summed E-state index contributed by atoms with van der Waals surface area (Å²) < 4.78 is 35.4. The fourth-order valence-corrected chi connectivity index (χ4v) is 3.46. The molecule has 3 saturated heterocycles. The fraction of sp³-hybridized carbons (Fsp3) is 0.647. The van der Waals surface area contributed by atoms with Crippen LogP contribution in [0.1, 0.15) is 25.7 Å². The predicted molar refractivity (Wildman–Crippen MR) is 79.5 cm³/mol. The molecule has 0 saturated carbocycles. The summed E-state index contributed by atoms with van der Waals surface area (Å²) in [7, 11) is 1.61. The van der Waals surface area contributed by atoms with E-state index in [4.69, 9.17) is 28.4 Å². The van der Waals surface area contributed by atoms with E-state index in [0.717, 1.165) is 5.56 Å². The van der Waals surface area contributed by atoms with Crippen molar-refractivity contribution in [3.63, 3.8) is 0 Å². The number of rotatable bonds is 2. The first-order valence-electron chi connectivity index (χ1n) is 7.93. The quantitative estimate of drug-likeness (QED) is 0.830. The Balaban J connectivity index is 1.57. The zero-order valence-electron chi connectivity index (χ0n) is 13.5. The number of fused-ring (bicyclic) bond motifs is 3. The second kappa shape index (κ2) is 5.81. The maximum absolute atomic E-state index is 6.17. The third-order valence-electron chi connectivity index (χ3n) is 4.43. The van der Waals surface area contributed by atoms with Crippen molar-refractivity contribution in [1.82, 2.24) is 0 Å². The molecule has 1 aromatic carbocycles. The average molecular weight is 322 g/mol. The lowest BCUT2D eigenvalue weighted by atomic mass is 9.98. The van der Waals surface area contributed by atoms with Gasteiger partial charge in [-0.15, -0.1) is 0 Å². The van der Waals surface area contributed by atoms with E-state index in [1.165, 1.54) is 0 Å². The highest BCUT2D eigenvalue weighted by Gasteiger charge is 2.57. The summed E-state index contributed by atoms with van der Waals surface area (Å²) in [5.41, 5.74) is 0.981. The van der Waals surface area contributed by atoms with Gasteiger partial charge in [0, 0.05) is 12.7 Å². The summed E-state index contributed by atoms with van der Waals surface area (Å²) >= 11 is 0. The molecule has 23 heavy (non-hydrogen) atoms. The van der Waals surface area contributed by atoms with Crippen molar-refractivity contribution in [3.05, 3.63) is 35.9 Å². The van der Waals surface area contributed by atoms with Crippen LogP contribution in [-0.4, -0.2) is 50.2 Å². The molecule has 126 valence electrons. The first-order chi connectivity index (χ1) is 11.1. The lowest BCUT2D eigenvalue weighted by molar-refractivity contribution is -0.343. The van der Waals surface area contributed by atoms with Gasteiger partial charge in [-0.25, -0.2) is 0 Å². The van der Waals surface area contributed by atoms with Crippen molar-refractivity contribution in [2.75, 3.05) is 13.7 Å². The third kappa shape index (κ3) is 2.80. The van der Waals surface area contributed by atoms with Crippen molar-refractivity contribution in [1.29, 1.82) is 0 Å². The van der Waals surface area contributed by atoms with Crippen LogP contribution in [0.25, 0.3) is 0 Å². The topological polar surface area (TPSA) is 55.4 Å². The van der Waals surface area contributed by atoms with Crippen molar-refractivity contribution in [2.24, 2.45) is 0 Å². The highest BCUT2D eigenvalue weighted by Crippen LogP contribution is 2.42. The van der Waals surface area contributed by atoms with Crippen LogP contribution in [0.2, 0.25) is 0 Å². The van der Waals surface area contributed by atoms with Gasteiger partial charge >= 0.3 is 0 Å². The monoisotopic (exact) mass is 322 g/mol. The van der Waals surface area contributed by atoms with Crippen LogP contribution in [0, 0.1) is 0 Å². The first-order valence-corrected chi connectivity index (χ1v) is 7.93. The second-order valence-electron chi connectivity index (χ2n) is 6.52. The molecule has 0 aliphatic carbocycles. The lowest BCUT2D eigenvalue weighted by Gasteiger charge is -2.45. The lowest BCUT2D eigenvalue weighted by Crippen LogP contribution is -2.61. The molecule has 0 amide bonds. The molecular formula is C17H22O6. The highest BCUT2D eigenvalue weighted by molar-refractivity contribution is 5.16. The van der Waals surface area contributed by atoms with E-state index in [2.05, 4.69) is 0 Å². The second-order valence-corrected chi connectivity index (χ2v) is 6.52. The van der Waals surface area contributed by atoms with Crippen LogP contribution >= 0.6 is 0 Å². The van der Waals surface area contributed by atoms with Crippen molar-refractivity contribution >= 4 is 0 Å². The zero-order chi connectivity index (χ0) is 16.0. The molecule has 4 rings (SSSR count). The molecule has 3 unspecified atom stereocenters. The molecule has 0 N–H and O–H groups in total. The molecule has 0 radical (unpaired) electrons. The number of hydrogen-bond acceptors (Lipinski definition) is 6. The normalized spacial score (nSPS) is 42.0. The molecule has 3 aliphatic rings. The van der Waals surface area contributed by atoms with Crippen LogP contribution in [0.3, 0.4) is 0 Å². The average Bonchev–Trinajstić information content (AvgIpc) is 2.90. The zero-order valence-corrected chi connectivity index (χ0v) is 13.5. The Labute approximate surface area is 135 Å². The Hall–Kier alpha value is -1.02. The first kappa shape index (κ1) is 15.5. The SMILES string of the molecule is CO[C@H]1OC2COC(c3ccccc3)O[C@H]2[C@@H]2OC(C)(C)OC12. The number of methoxy groups -OCH3 is 1. The molecule has 0 bridgehead atoms. The van der Waals surface area contributed by atoms with Gasteiger partial charge in [0.2, 0.25) is 0 Å². The maximum Gasteiger partial charge on any atom is 0.186 e. The van der Waals surface area contributed by atoms with Crippen LogP contribution in [-0.2, 0) is 28.4 Å². The Bertz CT molecular complexity index is 547. The maximum atomic E-state index is 6.17. The van der Waals surface area contributed by atoms with E-state index >= 15 is 0 Å². The predicted octanol–water partition coefficient (Wildman–Crippen LogP) is 1.99. The molecule has 6 heteroatoms. The summed E-state index contributed by atoms with van der Waals surface area (Å²) in [6, 6.07) is 9.87. The number of benzene rings is 1. The molecule has 0 spiro atoms. The van der Waals surface area contributed by atoms with E-state index in [0.29, 0.717) is 6.61 Å². The molecule has 3 fully saturated rings. The van der Waals surface area contributed by atoms with E-state index < -0.39 is 18.4 Å². The molecule has 6 atom stereocenters. The van der Waals surface area contributed by atoms with Crippen LogP contribution in [0.15, 0.2) is 30.3 Å².